The van der Waals surface area contributed by atoms with Crippen molar-refractivity contribution >= 4 is 15.9 Å². The summed E-state index contributed by atoms with van der Waals surface area (Å²) in [4.78, 5) is 16.8. The number of hydrogen-bond donors (Lipinski definition) is 2. The van der Waals surface area contributed by atoms with E-state index in [9.17, 15) is 13.2 Å². The average molecular weight is 395 g/mol. The molecule has 0 spiro atoms. The van der Waals surface area contributed by atoms with Crippen molar-refractivity contribution in [1.29, 1.82) is 0 Å². The van der Waals surface area contributed by atoms with E-state index in [1.54, 1.807) is 24.3 Å². The van der Waals surface area contributed by atoms with Crippen LogP contribution in [0.4, 0.5) is 0 Å². The highest BCUT2D eigenvalue weighted by atomic mass is 32.2. The van der Waals surface area contributed by atoms with Crippen molar-refractivity contribution in [3.63, 3.8) is 0 Å². The second-order valence-corrected chi connectivity index (χ2v) is 9.20. The van der Waals surface area contributed by atoms with Crippen molar-refractivity contribution < 1.29 is 13.2 Å². The Bertz CT molecular complexity index is 722. The van der Waals surface area contributed by atoms with Gasteiger partial charge in [-0.3, -0.25) is 9.69 Å². The van der Waals surface area contributed by atoms with E-state index in [2.05, 4.69) is 14.9 Å². The fourth-order valence-corrected chi connectivity index (χ4v) is 4.65. The van der Waals surface area contributed by atoms with Gasteiger partial charge in [0.25, 0.3) is 0 Å². The Labute approximate surface area is 162 Å². The smallest absolute Gasteiger partial charge is 0.240 e. The van der Waals surface area contributed by atoms with E-state index < -0.39 is 10.0 Å². The van der Waals surface area contributed by atoms with Crippen LogP contribution in [0.1, 0.15) is 24.8 Å². The molecule has 1 aromatic rings. The zero-order valence-corrected chi connectivity index (χ0v) is 16.8. The SMILES string of the molecule is Cc1ccc(S(=O)(=O)NCCN2CCN(C(=O)CC3CCCN3)CC2)cc1. The summed E-state index contributed by atoms with van der Waals surface area (Å²) < 4.78 is 27.3. The van der Waals surface area contributed by atoms with Crippen LogP contribution in [0.25, 0.3) is 0 Å². The highest BCUT2D eigenvalue weighted by molar-refractivity contribution is 7.89. The molecule has 27 heavy (non-hydrogen) atoms. The van der Waals surface area contributed by atoms with E-state index in [4.69, 9.17) is 0 Å². The lowest BCUT2D eigenvalue weighted by Crippen LogP contribution is -2.51. The zero-order chi connectivity index (χ0) is 19.3. The normalized spacial score (nSPS) is 21.5. The van der Waals surface area contributed by atoms with Crippen LogP contribution in [0.15, 0.2) is 29.2 Å². The van der Waals surface area contributed by atoms with Gasteiger partial charge in [0.1, 0.15) is 0 Å². The molecule has 2 fully saturated rings. The lowest BCUT2D eigenvalue weighted by Gasteiger charge is -2.35. The summed E-state index contributed by atoms with van der Waals surface area (Å²) in [6.07, 6.45) is 2.84. The van der Waals surface area contributed by atoms with Gasteiger partial charge in [0.2, 0.25) is 15.9 Å². The number of rotatable bonds is 7. The van der Waals surface area contributed by atoms with Crippen molar-refractivity contribution in [3.05, 3.63) is 29.8 Å². The Morgan fingerprint density at radius 1 is 1.19 bits per heavy atom. The van der Waals surface area contributed by atoms with Crippen LogP contribution in [0.2, 0.25) is 0 Å². The van der Waals surface area contributed by atoms with Gasteiger partial charge in [0.15, 0.2) is 0 Å². The van der Waals surface area contributed by atoms with Crippen LogP contribution in [0, 0.1) is 6.92 Å². The van der Waals surface area contributed by atoms with Gasteiger partial charge >= 0.3 is 0 Å². The van der Waals surface area contributed by atoms with E-state index in [1.807, 2.05) is 11.8 Å². The first-order valence-electron chi connectivity index (χ1n) is 9.74. The van der Waals surface area contributed by atoms with E-state index in [0.29, 0.717) is 30.4 Å². The predicted molar refractivity (Wildman–Crippen MR) is 105 cm³/mol. The van der Waals surface area contributed by atoms with Gasteiger partial charge in [-0.05, 0) is 38.4 Å². The second kappa shape index (κ2) is 9.14. The second-order valence-electron chi connectivity index (χ2n) is 7.43. The average Bonchev–Trinajstić information content (AvgIpc) is 3.15. The lowest BCUT2D eigenvalue weighted by molar-refractivity contribution is -0.133. The molecule has 1 unspecified atom stereocenters. The van der Waals surface area contributed by atoms with E-state index in [-0.39, 0.29) is 5.91 Å². The molecule has 0 aliphatic carbocycles. The molecule has 2 aliphatic heterocycles. The van der Waals surface area contributed by atoms with Crippen molar-refractivity contribution in [3.8, 4) is 0 Å². The highest BCUT2D eigenvalue weighted by Crippen LogP contribution is 2.12. The molecular formula is C19H30N4O3S. The molecule has 2 N–H and O–H groups in total. The topological polar surface area (TPSA) is 81.8 Å². The maximum Gasteiger partial charge on any atom is 0.240 e. The maximum absolute atomic E-state index is 12.4. The Morgan fingerprint density at radius 2 is 1.89 bits per heavy atom. The molecule has 3 rings (SSSR count). The molecule has 7 nitrogen and oxygen atoms in total. The molecule has 1 aromatic carbocycles. The summed E-state index contributed by atoms with van der Waals surface area (Å²) in [7, 11) is -3.46. The van der Waals surface area contributed by atoms with Gasteiger partial charge in [-0.25, -0.2) is 13.1 Å². The van der Waals surface area contributed by atoms with Gasteiger partial charge in [-0.15, -0.1) is 0 Å². The molecular weight excluding hydrogens is 364 g/mol. The Hall–Kier alpha value is -1.48. The molecule has 8 heteroatoms. The first kappa shape index (κ1) is 20.3. The monoisotopic (exact) mass is 394 g/mol. The minimum absolute atomic E-state index is 0.231. The molecule has 0 bridgehead atoms. The minimum Gasteiger partial charge on any atom is -0.340 e. The van der Waals surface area contributed by atoms with E-state index in [0.717, 1.165) is 51.1 Å². The standard InChI is InChI=1S/C19H30N4O3S/c1-16-4-6-18(7-5-16)27(25,26)21-9-10-22-11-13-23(14-12-22)19(24)15-17-3-2-8-20-17/h4-7,17,20-21H,2-3,8-15H2,1H3. The number of piperazine rings is 1. The summed E-state index contributed by atoms with van der Waals surface area (Å²) >= 11 is 0. The van der Waals surface area contributed by atoms with Crippen LogP contribution in [-0.2, 0) is 14.8 Å². The number of nitrogens with zero attached hydrogens (tertiary/aromatic N) is 2. The molecule has 2 saturated heterocycles. The quantitative estimate of drug-likeness (QED) is 0.706. The van der Waals surface area contributed by atoms with Gasteiger partial charge in [0, 0.05) is 51.7 Å². The first-order valence-corrected chi connectivity index (χ1v) is 11.2. The number of amides is 1. The van der Waals surface area contributed by atoms with Crippen molar-refractivity contribution in [2.45, 2.75) is 37.1 Å². The Balaban J connectivity index is 1.38. The Kier molecular flexibility index (Phi) is 6.86. The van der Waals surface area contributed by atoms with Crippen molar-refractivity contribution in [2.75, 3.05) is 45.8 Å². The molecule has 2 aliphatic rings. The fraction of sp³-hybridized carbons (Fsp3) is 0.632. The number of aryl methyl sites for hydroxylation is 1. The molecule has 1 atom stereocenters. The molecule has 0 radical (unpaired) electrons. The number of sulfonamides is 1. The van der Waals surface area contributed by atoms with Gasteiger partial charge in [-0.2, -0.15) is 0 Å². The predicted octanol–water partition coefficient (Wildman–Crippen LogP) is 0.560. The third kappa shape index (κ3) is 5.75. The summed E-state index contributed by atoms with van der Waals surface area (Å²) in [5.74, 6) is 0.231. The third-order valence-corrected chi connectivity index (χ3v) is 6.84. The maximum atomic E-state index is 12.4. The number of hydrogen-bond acceptors (Lipinski definition) is 5. The first-order chi connectivity index (χ1) is 12.9. The summed E-state index contributed by atoms with van der Waals surface area (Å²) in [5, 5.41) is 3.37. The van der Waals surface area contributed by atoms with Crippen LogP contribution in [0.5, 0.6) is 0 Å². The van der Waals surface area contributed by atoms with Crippen molar-refractivity contribution in [2.24, 2.45) is 0 Å². The molecule has 0 saturated carbocycles. The highest BCUT2D eigenvalue weighted by Gasteiger charge is 2.25. The van der Waals surface area contributed by atoms with Crippen LogP contribution in [-0.4, -0.2) is 76.0 Å². The fourth-order valence-electron chi connectivity index (χ4n) is 3.63. The van der Waals surface area contributed by atoms with Crippen LogP contribution < -0.4 is 10.0 Å². The zero-order valence-electron chi connectivity index (χ0n) is 16.0. The van der Waals surface area contributed by atoms with Gasteiger partial charge in [0.05, 0.1) is 4.90 Å². The van der Waals surface area contributed by atoms with Crippen molar-refractivity contribution in [1.82, 2.24) is 19.8 Å². The minimum atomic E-state index is -3.46. The molecule has 150 valence electrons. The Morgan fingerprint density at radius 3 is 2.52 bits per heavy atom. The van der Waals surface area contributed by atoms with Gasteiger partial charge in [-0.1, -0.05) is 17.7 Å². The third-order valence-electron chi connectivity index (χ3n) is 5.36. The summed E-state index contributed by atoms with van der Waals surface area (Å²) in [5.41, 5.74) is 1.03. The molecule has 0 aromatic heterocycles. The summed E-state index contributed by atoms with van der Waals surface area (Å²) in [6.45, 7) is 6.98. The number of benzene rings is 1. The van der Waals surface area contributed by atoms with Crippen LogP contribution in [0.3, 0.4) is 0 Å². The number of nitrogens with one attached hydrogen (secondary N) is 2. The summed E-state index contributed by atoms with van der Waals surface area (Å²) in [6, 6.07) is 7.19. The number of carbonyl (C=O) groups is 1. The van der Waals surface area contributed by atoms with E-state index in [1.165, 1.54) is 0 Å². The largest absolute Gasteiger partial charge is 0.340 e. The molecule has 2 heterocycles. The molecule has 1 amide bonds. The lowest BCUT2D eigenvalue weighted by atomic mass is 10.1. The van der Waals surface area contributed by atoms with Crippen LogP contribution >= 0.6 is 0 Å². The van der Waals surface area contributed by atoms with E-state index >= 15 is 0 Å². The van der Waals surface area contributed by atoms with Gasteiger partial charge < -0.3 is 10.2 Å². The number of carbonyl (C=O) groups excluding carboxylic acids is 1.